The van der Waals surface area contributed by atoms with Crippen molar-refractivity contribution in [2.24, 2.45) is 0 Å². The Morgan fingerprint density at radius 3 is 1.73 bits per heavy atom. The van der Waals surface area contributed by atoms with E-state index in [0.717, 1.165) is 21.5 Å². The Balaban J connectivity index is 1.66. The molecule has 5 aromatic carbocycles. The maximum absolute atomic E-state index is 14.6. The van der Waals surface area contributed by atoms with E-state index in [0.29, 0.717) is 32.5 Å². The first kappa shape index (κ1) is 29.5. The Labute approximate surface area is 264 Å². The van der Waals surface area contributed by atoms with Crippen LogP contribution >= 0.6 is 30.6 Å². The topological polar surface area (TPSA) is 88.9 Å². The second kappa shape index (κ2) is 13.0. The number of nitro groups is 1. The van der Waals surface area contributed by atoms with E-state index < -0.39 is 12.2 Å². The highest BCUT2D eigenvalue weighted by atomic mass is 35.5. The molecular weight excluding hydrogens is 609 g/mol. The molecule has 0 fully saturated rings. The number of nitrogens with one attached hydrogen (secondary N) is 1. The average Bonchev–Trinajstić information content (AvgIpc) is 3.07. The van der Waals surface area contributed by atoms with Crippen LogP contribution in [0.15, 0.2) is 149 Å². The van der Waals surface area contributed by atoms with Gasteiger partial charge >= 0.3 is 0 Å². The standard InChI is InChI=1S/C35H25ClN3O3PS/c36-31-19-11-10-12-26(31)24-44-35-32(34(40)37-33(38-35)25-20-22-27(23-21-25)39(41)42)43(28-13-4-1-5-14-28,29-15-6-2-7-16-29)30-17-8-3-9-18-30/h1-23H,24H2/p+1. The van der Waals surface area contributed by atoms with Crippen LogP contribution in [0.5, 0.6) is 0 Å². The maximum atomic E-state index is 14.6. The Morgan fingerprint density at radius 1 is 0.727 bits per heavy atom. The van der Waals surface area contributed by atoms with Crippen molar-refractivity contribution in [3.8, 4) is 11.4 Å². The fourth-order valence-electron chi connectivity index (χ4n) is 5.27. The number of hydrogen-bond donors (Lipinski definition) is 1. The van der Waals surface area contributed by atoms with Gasteiger partial charge < -0.3 is 4.98 Å². The van der Waals surface area contributed by atoms with Crippen molar-refractivity contribution in [3.63, 3.8) is 0 Å². The quantitative estimate of drug-likeness (QED) is 0.0614. The van der Waals surface area contributed by atoms with Gasteiger partial charge in [-0.15, -0.1) is 0 Å². The first-order chi connectivity index (χ1) is 21.5. The largest absolute Gasteiger partial charge is 0.303 e. The van der Waals surface area contributed by atoms with Gasteiger partial charge in [-0.05, 0) is 60.2 Å². The summed E-state index contributed by atoms with van der Waals surface area (Å²) in [7, 11) is -2.80. The predicted octanol–water partition coefficient (Wildman–Crippen LogP) is 6.91. The molecule has 0 radical (unpaired) electrons. The van der Waals surface area contributed by atoms with Crippen LogP contribution in [-0.4, -0.2) is 14.9 Å². The lowest BCUT2D eigenvalue weighted by Crippen LogP contribution is -2.46. The maximum Gasteiger partial charge on any atom is 0.296 e. The molecule has 0 aliphatic rings. The van der Waals surface area contributed by atoms with Gasteiger partial charge in [-0.2, -0.15) is 0 Å². The molecule has 6 nitrogen and oxygen atoms in total. The fraction of sp³-hybridized carbons (Fsp3) is 0.0286. The summed E-state index contributed by atoms with van der Waals surface area (Å²) in [4.78, 5) is 33.6. The lowest BCUT2D eigenvalue weighted by Gasteiger charge is -2.28. The number of aromatic nitrogens is 2. The highest BCUT2D eigenvalue weighted by Gasteiger charge is 2.52. The highest BCUT2D eigenvalue weighted by molar-refractivity contribution is 8.04. The molecule has 9 heteroatoms. The molecule has 1 heterocycles. The van der Waals surface area contributed by atoms with Crippen molar-refractivity contribution in [1.82, 2.24) is 9.97 Å². The number of halogens is 1. The van der Waals surface area contributed by atoms with Crippen LogP contribution in [0, 0.1) is 10.1 Å². The van der Waals surface area contributed by atoms with Gasteiger partial charge in [-0.1, -0.05) is 96.2 Å². The summed E-state index contributed by atoms with van der Waals surface area (Å²) in [5.74, 6) is 0.823. The summed E-state index contributed by atoms with van der Waals surface area (Å²) in [6.07, 6.45) is 0. The fourth-order valence-corrected chi connectivity index (χ4v) is 11.3. The molecule has 1 aromatic heterocycles. The van der Waals surface area contributed by atoms with Crippen molar-refractivity contribution < 1.29 is 4.92 Å². The third-order valence-electron chi connectivity index (χ3n) is 7.30. The molecule has 1 N–H and O–H groups in total. The van der Waals surface area contributed by atoms with Crippen molar-refractivity contribution >= 4 is 57.5 Å². The molecular formula is C35H26ClN3O3PS+. The van der Waals surface area contributed by atoms with Gasteiger partial charge in [0, 0.05) is 28.5 Å². The Hall–Kier alpha value is -4.55. The van der Waals surface area contributed by atoms with Crippen LogP contribution in [-0.2, 0) is 5.75 Å². The van der Waals surface area contributed by atoms with Crippen LogP contribution < -0.4 is 26.8 Å². The van der Waals surface area contributed by atoms with E-state index in [1.54, 1.807) is 12.1 Å². The number of rotatable bonds is 9. The van der Waals surface area contributed by atoms with E-state index in [1.807, 2.05) is 78.9 Å². The van der Waals surface area contributed by atoms with Crippen molar-refractivity contribution in [1.29, 1.82) is 0 Å². The third kappa shape index (κ3) is 5.70. The molecule has 6 aromatic rings. The second-order valence-electron chi connectivity index (χ2n) is 9.93. The molecule has 44 heavy (non-hydrogen) atoms. The van der Waals surface area contributed by atoms with Gasteiger partial charge in [0.25, 0.3) is 11.2 Å². The summed E-state index contributed by atoms with van der Waals surface area (Å²) in [5, 5.41) is 16.1. The molecule has 0 unspecified atom stereocenters. The smallest absolute Gasteiger partial charge is 0.296 e. The van der Waals surface area contributed by atoms with E-state index in [4.69, 9.17) is 16.6 Å². The van der Waals surface area contributed by atoms with Gasteiger partial charge in [0.1, 0.15) is 26.8 Å². The minimum Gasteiger partial charge on any atom is -0.303 e. The zero-order valence-corrected chi connectivity index (χ0v) is 25.8. The second-order valence-corrected chi connectivity index (χ2v) is 14.6. The van der Waals surface area contributed by atoms with Gasteiger partial charge in [0.05, 0.1) is 4.92 Å². The first-order valence-corrected chi connectivity index (χ1v) is 17.0. The summed E-state index contributed by atoms with van der Waals surface area (Å²) in [6, 6.07) is 44.1. The Kier molecular flexibility index (Phi) is 8.71. The van der Waals surface area contributed by atoms with Gasteiger partial charge in [-0.25, -0.2) is 4.98 Å². The summed E-state index contributed by atoms with van der Waals surface area (Å²) in [5.41, 5.74) is 1.19. The number of nitrogens with zero attached hydrogens (tertiary/aromatic N) is 2. The number of nitro benzene ring substituents is 1. The molecule has 0 aliphatic carbocycles. The number of non-ortho nitro benzene ring substituents is 1. The summed E-state index contributed by atoms with van der Waals surface area (Å²) in [6.45, 7) is 0. The van der Waals surface area contributed by atoms with Gasteiger partial charge in [0.15, 0.2) is 7.26 Å². The van der Waals surface area contributed by atoms with Crippen molar-refractivity contribution in [3.05, 3.63) is 171 Å². The average molecular weight is 635 g/mol. The zero-order chi connectivity index (χ0) is 30.5. The van der Waals surface area contributed by atoms with Crippen LogP contribution in [0.3, 0.4) is 0 Å². The normalized spacial score (nSPS) is 11.3. The number of hydrogen-bond acceptors (Lipinski definition) is 5. The molecule has 0 aliphatic heterocycles. The lowest BCUT2D eigenvalue weighted by atomic mass is 10.2. The number of benzene rings is 5. The zero-order valence-electron chi connectivity index (χ0n) is 23.3. The van der Waals surface area contributed by atoms with Crippen LogP contribution in [0.4, 0.5) is 5.69 Å². The summed E-state index contributed by atoms with van der Waals surface area (Å²) >= 11 is 8.02. The number of thioether (sulfide) groups is 1. The van der Waals surface area contributed by atoms with Crippen LogP contribution in [0.1, 0.15) is 5.56 Å². The number of H-pyrrole nitrogens is 1. The van der Waals surface area contributed by atoms with Gasteiger partial charge in [0.2, 0.25) is 5.30 Å². The Bertz CT molecular complexity index is 1880. The molecule has 0 saturated carbocycles. The molecule has 216 valence electrons. The van der Waals surface area contributed by atoms with E-state index in [9.17, 15) is 14.9 Å². The SMILES string of the molecule is O=c1[nH]c(-c2ccc([N+](=O)[O-])cc2)nc(SCc2ccccc2Cl)c1[P+](c1ccccc1)(c1ccccc1)c1ccccc1. The highest BCUT2D eigenvalue weighted by Crippen LogP contribution is 2.55. The minimum atomic E-state index is -2.80. The molecule has 0 saturated heterocycles. The summed E-state index contributed by atoms with van der Waals surface area (Å²) < 4.78 is 0. The monoisotopic (exact) mass is 634 g/mol. The molecule has 0 amide bonds. The van der Waals surface area contributed by atoms with E-state index in [1.165, 1.54) is 23.9 Å². The predicted molar refractivity (Wildman–Crippen MR) is 183 cm³/mol. The van der Waals surface area contributed by atoms with E-state index >= 15 is 0 Å². The van der Waals surface area contributed by atoms with Crippen molar-refractivity contribution in [2.45, 2.75) is 10.8 Å². The lowest BCUT2D eigenvalue weighted by molar-refractivity contribution is -0.384. The van der Waals surface area contributed by atoms with Crippen LogP contribution in [0.25, 0.3) is 11.4 Å². The minimum absolute atomic E-state index is 0.0387. The van der Waals surface area contributed by atoms with E-state index in [-0.39, 0.29) is 11.2 Å². The molecule has 6 rings (SSSR count). The van der Waals surface area contributed by atoms with Crippen LogP contribution in [0.2, 0.25) is 5.02 Å². The van der Waals surface area contributed by atoms with Crippen molar-refractivity contribution in [2.75, 3.05) is 0 Å². The number of aromatic amines is 1. The molecule has 0 bridgehead atoms. The molecule has 0 atom stereocenters. The molecule has 0 spiro atoms. The Morgan fingerprint density at radius 2 is 1.23 bits per heavy atom. The van der Waals surface area contributed by atoms with E-state index in [2.05, 4.69) is 41.4 Å². The van der Waals surface area contributed by atoms with Gasteiger partial charge in [-0.3, -0.25) is 14.9 Å². The first-order valence-electron chi connectivity index (χ1n) is 13.8. The third-order valence-corrected chi connectivity index (χ3v) is 13.2.